The number of rotatable bonds is 2. The summed E-state index contributed by atoms with van der Waals surface area (Å²) in [6, 6.07) is 2.40. The van der Waals surface area contributed by atoms with Gasteiger partial charge in [0.1, 0.15) is 11.6 Å². The number of piperidine rings is 1. The van der Waals surface area contributed by atoms with Crippen LogP contribution in [0.3, 0.4) is 0 Å². The van der Waals surface area contributed by atoms with Crippen molar-refractivity contribution < 1.29 is 0 Å². The SMILES string of the molecule is CC1(C)CC(Nc2ccnc(C(C)(C)C)n2)CC(C)(C)N1. The van der Waals surface area contributed by atoms with Crippen LogP contribution in [-0.2, 0) is 5.41 Å². The average molecular weight is 290 g/mol. The second kappa shape index (κ2) is 5.24. The first-order chi connectivity index (χ1) is 9.47. The molecule has 0 atom stereocenters. The topological polar surface area (TPSA) is 49.8 Å². The van der Waals surface area contributed by atoms with Crippen LogP contribution in [0, 0.1) is 0 Å². The number of anilines is 1. The van der Waals surface area contributed by atoms with Gasteiger partial charge in [0.15, 0.2) is 0 Å². The average Bonchev–Trinajstić information content (AvgIpc) is 2.23. The lowest BCUT2D eigenvalue weighted by molar-refractivity contribution is 0.170. The van der Waals surface area contributed by atoms with Crippen molar-refractivity contribution in [3.05, 3.63) is 18.1 Å². The fourth-order valence-corrected chi connectivity index (χ4v) is 3.43. The molecule has 2 heterocycles. The van der Waals surface area contributed by atoms with E-state index in [9.17, 15) is 0 Å². The largest absolute Gasteiger partial charge is 0.367 e. The zero-order valence-electron chi connectivity index (χ0n) is 14.5. The van der Waals surface area contributed by atoms with E-state index in [4.69, 9.17) is 4.98 Å². The molecule has 0 spiro atoms. The Morgan fingerprint density at radius 2 is 1.71 bits per heavy atom. The van der Waals surface area contributed by atoms with Gasteiger partial charge in [0.25, 0.3) is 0 Å². The molecule has 0 bridgehead atoms. The lowest BCUT2D eigenvalue weighted by atomic mass is 9.79. The van der Waals surface area contributed by atoms with Crippen LogP contribution in [0.4, 0.5) is 5.82 Å². The van der Waals surface area contributed by atoms with Crippen molar-refractivity contribution in [1.29, 1.82) is 0 Å². The number of hydrogen-bond donors (Lipinski definition) is 2. The van der Waals surface area contributed by atoms with Gasteiger partial charge >= 0.3 is 0 Å². The molecular weight excluding hydrogens is 260 g/mol. The van der Waals surface area contributed by atoms with Crippen LogP contribution in [0.1, 0.15) is 67.1 Å². The van der Waals surface area contributed by atoms with Gasteiger partial charge in [-0.25, -0.2) is 9.97 Å². The molecule has 0 radical (unpaired) electrons. The van der Waals surface area contributed by atoms with Crippen molar-refractivity contribution in [2.24, 2.45) is 0 Å². The van der Waals surface area contributed by atoms with Gasteiger partial charge in [-0.05, 0) is 46.6 Å². The Balaban J connectivity index is 2.15. The first-order valence-corrected chi connectivity index (χ1v) is 7.86. The van der Waals surface area contributed by atoms with Crippen LogP contribution < -0.4 is 10.6 Å². The summed E-state index contributed by atoms with van der Waals surface area (Å²) in [6.07, 6.45) is 4.03. The van der Waals surface area contributed by atoms with Gasteiger partial charge in [0.2, 0.25) is 0 Å². The zero-order chi connectivity index (χ0) is 15.9. The molecule has 0 amide bonds. The van der Waals surface area contributed by atoms with Crippen molar-refractivity contribution in [2.45, 2.75) is 83.8 Å². The second-order valence-electron chi connectivity index (χ2n) is 8.66. The number of hydrogen-bond acceptors (Lipinski definition) is 4. The van der Waals surface area contributed by atoms with Crippen molar-refractivity contribution in [2.75, 3.05) is 5.32 Å². The highest BCUT2D eigenvalue weighted by Crippen LogP contribution is 2.30. The molecule has 1 aliphatic rings. The summed E-state index contributed by atoms with van der Waals surface area (Å²) >= 11 is 0. The van der Waals surface area contributed by atoms with Crippen LogP contribution in [0.25, 0.3) is 0 Å². The van der Waals surface area contributed by atoms with Crippen LogP contribution in [0.15, 0.2) is 12.3 Å². The molecule has 0 unspecified atom stereocenters. The monoisotopic (exact) mass is 290 g/mol. The minimum absolute atomic E-state index is 0.0235. The van der Waals surface area contributed by atoms with E-state index in [1.807, 2.05) is 12.3 Å². The highest BCUT2D eigenvalue weighted by molar-refractivity contribution is 5.36. The Morgan fingerprint density at radius 1 is 1.14 bits per heavy atom. The third kappa shape index (κ3) is 4.40. The van der Waals surface area contributed by atoms with E-state index in [-0.39, 0.29) is 16.5 Å². The Hall–Kier alpha value is -1.16. The van der Waals surface area contributed by atoms with Gasteiger partial charge in [-0.2, -0.15) is 0 Å². The lowest BCUT2D eigenvalue weighted by Crippen LogP contribution is -2.60. The fraction of sp³-hybridized carbons (Fsp3) is 0.765. The summed E-state index contributed by atoms with van der Waals surface area (Å²) in [5.41, 5.74) is 0.253. The molecule has 21 heavy (non-hydrogen) atoms. The third-order valence-electron chi connectivity index (χ3n) is 3.87. The van der Waals surface area contributed by atoms with E-state index in [1.165, 1.54) is 0 Å². The molecule has 2 rings (SSSR count). The summed E-state index contributed by atoms with van der Waals surface area (Å²) in [4.78, 5) is 9.09. The second-order valence-corrected chi connectivity index (χ2v) is 8.66. The Labute approximate surface area is 129 Å². The Kier molecular flexibility index (Phi) is 4.04. The Morgan fingerprint density at radius 3 is 2.24 bits per heavy atom. The van der Waals surface area contributed by atoms with E-state index in [2.05, 4.69) is 64.1 Å². The molecule has 1 aromatic rings. The molecule has 1 aromatic heterocycles. The summed E-state index contributed by atoms with van der Waals surface area (Å²) in [6.45, 7) is 15.5. The Bertz CT molecular complexity index is 484. The smallest absolute Gasteiger partial charge is 0.135 e. The zero-order valence-corrected chi connectivity index (χ0v) is 14.5. The van der Waals surface area contributed by atoms with Gasteiger partial charge in [-0.1, -0.05) is 20.8 Å². The molecule has 0 saturated carbocycles. The number of nitrogens with one attached hydrogen (secondary N) is 2. The predicted octanol–water partition coefficient (Wildman–Crippen LogP) is 3.50. The van der Waals surface area contributed by atoms with E-state index in [1.54, 1.807) is 0 Å². The first-order valence-electron chi connectivity index (χ1n) is 7.86. The van der Waals surface area contributed by atoms with Gasteiger partial charge in [-0.3, -0.25) is 0 Å². The third-order valence-corrected chi connectivity index (χ3v) is 3.87. The molecule has 1 saturated heterocycles. The normalized spacial score (nSPS) is 22.0. The minimum atomic E-state index is -0.0235. The lowest BCUT2D eigenvalue weighted by Gasteiger charge is -2.46. The van der Waals surface area contributed by atoms with E-state index < -0.39 is 0 Å². The maximum Gasteiger partial charge on any atom is 0.135 e. The maximum atomic E-state index is 4.69. The van der Waals surface area contributed by atoms with Crippen molar-refractivity contribution in [3.63, 3.8) is 0 Å². The first kappa shape index (κ1) is 16.2. The van der Waals surface area contributed by atoms with Gasteiger partial charge in [-0.15, -0.1) is 0 Å². The maximum absolute atomic E-state index is 4.69. The van der Waals surface area contributed by atoms with Crippen molar-refractivity contribution in [1.82, 2.24) is 15.3 Å². The summed E-state index contributed by atoms with van der Waals surface area (Å²) in [5, 5.41) is 7.32. The van der Waals surface area contributed by atoms with Crippen molar-refractivity contribution in [3.8, 4) is 0 Å². The minimum Gasteiger partial charge on any atom is -0.367 e. The standard InChI is InChI=1S/C17H30N4/c1-15(2,3)14-18-9-8-13(20-14)19-12-10-16(4,5)21-17(6,7)11-12/h8-9,12,21H,10-11H2,1-7H3,(H,18,19,20). The van der Waals surface area contributed by atoms with E-state index in [0.29, 0.717) is 6.04 Å². The molecule has 0 aromatic carbocycles. The summed E-state index contributed by atoms with van der Waals surface area (Å²) in [5.74, 6) is 1.83. The molecule has 1 fully saturated rings. The highest BCUT2D eigenvalue weighted by Gasteiger charge is 2.37. The van der Waals surface area contributed by atoms with Crippen LogP contribution >= 0.6 is 0 Å². The van der Waals surface area contributed by atoms with Gasteiger partial charge in [0.05, 0.1) is 0 Å². The van der Waals surface area contributed by atoms with E-state index in [0.717, 1.165) is 24.5 Å². The molecule has 4 heteroatoms. The fourth-order valence-electron chi connectivity index (χ4n) is 3.43. The highest BCUT2D eigenvalue weighted by atomic mass is 15.1. The van der Waals surface area contributed by atoms with Crippen LogP contribution in [0.5, 0.6) is 0 Å². The summed E-state index contributed by atoms with van der Waals surface area (Å²) in [7, 11) is 0. The van der Waals surface area contributed by atoms with Gasteiger partial charge < -0.3 is 10.6 Å². The van der Waals surface area contributed by atoms with Crippen molar-refractivity contribution >= 4 is 5.82 Å². The summed E-state index contributed by atoms with van der Waals surface area (Å²) < 4.78 is 0. The van der Waals surface area contributed by atoms with Crippen LogP contribution in [0.2, 0.25) is 0 Å². The number of nitrogens with zero attached hydrogens (tertiary/aromatic N) is 2. The van der Waals surface area contributed by atoms with Crippen LogP contribution in [-0.4, -0.2) is 27.1 Å². The molecule has 1 aliphatic heterocycles. The molecule has 0 aliphatic carbocycles. The van der Waals surface area contributed by atoms with Gasteiger partial charge in [0, 0.05) is 28.7 Å². The predicted molar refractivity (Wildman–Crippen MR) is 88.7 cm³/mol. The molecule has 2 N–H and O–H groups in total. The molecule has 118 valence electrons. The molecule has 4 nitrogen and oxygen atoms in total. The quantitative estimate of drug-likeness (QED) is 0.875. The number of aromatic nitrogens is 2. The van der Waals surface area contributed by atoms with E-state index >= 15 is 0 Å². The molecular formula is C17H30N4.